The van der Waals surface area contributed by atoms with Gasteiger partial charge < -0.3 is 9.47 Å². The third kappa shape index (κ3) is 4.09. The molecule has 3 rings (SSSR count). The average Bonchev–Trinajstić information content (AvgIpc) is 2.93. The van der Waals surface area contributed by atoms with Gasteiger partial charge >= 0.3 is 0 Å². The van der Waals surface area contributed by atoms with Gasteiger partial charge in [0.1, 0.15) is 23.9 Å². The Hall–Kier alpha value is -1.78. The van der Waals surface area contributed by atoms with Crippen LogP contribution in [0, 0.1) is 0 Å². The van der Waals surface area contributed by atoms with Crippen LogP contribution in [0.15, 0.2) is 69.8 Å². The summed E-state index contributed by atoms with van der Waals surface area (Å²) in [4.78, 5) is 0. The van der Waals surface area contributed by atoms with Gasteiger partial charge in [0.05, 0.1) is 3.79 Å². The first-order chi connectivity index (χ1) is 10.3. The predicted octanol–water partition coefficient (Wildman–Crippen LogP) is 5.88. The van der Waals surface area contributed by atoms with E-state index in [2.05, 4.69) is 27.4 Å². The first-order valence-electron chi connectivity index (χ1n) is 6.48. The lowest BCUT2D eigenvalue weighted by Gasteiger charge is -2.08. The van der Waals surface area contributed by atoms with Gasteiger partial charge in [-0.1, -0.05) is 18.2 Å². The molecule has 3 aromatic rings. The highest BCUT2D eigenvalue weighted by atomic mass is 79.9. The molecular formula is C17H13BrO2S. The zero-order chi connectivity index (χ0) is 14.5. The van der Waals surface area contributed by atoms with Crippen molar-refractivity contribution < 1.29 is 9.47 Å². The van der Waals surface area contributed by atoms with Gasteiger partial charge in [-0.05, 0) is 63.8 Å². The number of hydrogen-bond donors (Lipinski definition) is 0. The highest BCUT2D eigenvalue weighted by Gasteiger charge is 2.01. The van der Waals surface area contributed by atoms with Crippen molar-refractivity contribution >= 4 is 27.3 Å². The van der Waals surface area contributed by atoms with Crippen molar-refractivity contribution in [2.75, 3.05) is 0 Å². The molecule has 4 heteroatoms. The molecule has 0 aliphatic rings. The lowest BCUT2D eigenvalue weighted by Crippen LogP contribution is -1.93. The number of thiophene rings is 1. The second-order valence-corrected chi connectivity index (χ2v) is 6.72. The topological polar surface area (TPSA) is 18.5 Å². The number of rotatable bonds is 5. The standard InChI is InChI=1S/C17H13BrO2S/c18-17-10-13(12-21-17)11-19-14-6-8-16(9-7-14)20-15-4-2-1-3-5-15/h1-10,12H,11H2. The maximum absolute atomic E-state index is 5.74. The van der Waals surface area contributed by atoms with Gasteiger partial charge in [0.15, 0.2) is 0 Å². The summed E-state index contributed by atoms with van der Waals surface area (Å²) in [5.74, 6) is 2.46. The van der Waals surface area contributed by atoms with Crippen LogP contribution in [0.5, 0.6) is 17.2 Å². The van der Waals surface area contributed by atoms with Crippen LogP contribution in [-0.2, 0) is 6.61 Å². The minimum atomic E-state index is 0.570. The van der Waals surface area contributed by atoms with Crippen LogP contribution < -0.4 is 9.47 Å². The summed E-state index contributed by atoms with van der Waals surface area (Å²) in [5, 5.41) is 2.08. The van der Waals surface area contributed by atoms with Crippen LogP contribution in [0.4, 0.5) is 0 Å². The number of ether oxygens (including phenoxy) is 2. The first kappa shape index (κ1) is 14.2. The Balaban J connectivity index is 1.59. The van der Waals surface area contributed by atoms with E-state index in [1.807, 2.05) is 54.6 Å². The SMILES string of the molecule is Brc1cc(COc2ccc(Oc3ccccc3)cc2)cs1. The summed E-state index contributed by atoms with van der Waals surface area (Å²) in [6.07, 6.45) is 0. The van der Waals surface area contributed by atoms with E-state index < -0.39 is 0 Å². The van der Waals surface area contributed by atoms with E-state index in [-0.39, 0.29) is 0 Å². The third-order valence-corrected chi connectivity index (χ3v) is 4.38. The molecule has 0 N–H and O–H groups in total. The summed E-state index contributed by atoms with van der Waals surface area (Å²) >= 11 is 5.11. The molecule has 106 valence electrons. The molecule has 0 spiro atoms. The van der Waals surface area contributed by atoms with Crippen LogP contribution in [0.3, 0.4) is 0 Å². The Labute approximate surface area is 136 Å². The van der Waals surface area contributed by atoms with Gasteiger partial charge in [-0.2, -0.15) is 0 Å². The normalized spacial score (nSPS) is 10.3. The summed E-state index contributed by atoms with van der Waals surface area (Å²) in [7, 11) is 0. The van der Waals surface area contributed by atoms with Crippen LogP contribution in [0.2, 0.25) is 0 Å². The molecule has 2 nitrogen and oxygen atoms in total. The van der Waals surface area contributed by atoms with Gasteiger partial charge in [0.25, 0.3) is 0 Å². The highest BCUT2D eigenvalue weighted by molar-refractivity contribution is 9.11. The molecule has 21 heavy (non-hydrogen) atoms. The molecular weight excluding hydrogens is 348 g/mol. The van der Waals surface area contributed by atoms with E-state index >= 15 is 0 Å². The molecule has 0 aliphatic heterocycles. The molecule has 1 aromatic heterocycles. The molecule has 0 saturated carbocycles. The highest BCUT2D eigenvalue weighted by Crippen LogP contribution is 2.25. The number of hydrogen-bond acceptors (Lipinski definition) is 3. The Morgan fingerprint density at radius 2 is 1.52 bits per heavy atom. The van der Waals surface area contributed by atoms with Crippen molar-refractivity contribution in [3.8, 4) is 17.2 Å². The van der Waals surface area contributed by atoms with Crippen LogP contribution >= 0.6 is 27.3 Å². The minimum Gasteiger partial charge on any atom is -0.489 e. The molecule has 0 saturated heterocycles. The molecule has 0 fully saturated rings. The fourth-order valence-electron chi connectivity index (χ4n) is 1.82. The van der Waals surface area contributed by atoms with Crippen molar-refractivity contribution in [3.63, 3.8) is 0 Å². The molecule has 0 unspecified atom stereocenters. The predicted molar refractivity (Wildman–Crippen MR) is 89.3 cm³/mol. The average molecular weight is 361 g/mol. The molecule has 0 bridgehead atoms. The molecule has 0 radical (unpaired) electrons. The Morgan fingerprint density at radius 1 is 0.857 bits per heavy atom. The van der Waals surface area contributed by atoms with E-state index in [0.29, 0.717) is 6.61 Å². The lowest BCUT2D eigenvalue weighted by atomic mass is 10.3. The van der Waals surface area contributed by atoms with Crippen molar-refractivity contribution in [1.82, 2.24) is 0 Å². The van der Waals surface area contributed by atoms with Crippen molar-refractivity contribution in [3.05, 3.63) is 75.4 Å². The van der Waals surface area contributed by atoms with Gasteiger partial charge in [-0.3, -0.25) is 0 Å². The fraction of sp³-hybridized carbons (Fsp3) is 0.0588. The van der Waals surface area contributed by atoms with E-state index in [1.54, 1.807) is 11.3 Å². The summed E-state index contributed by atoms with van der Waals surface area (Å²) in [6, 6.07) is 19.4. The number of para-hydroxylation sites is 1. The second-order valence-electron chi connectivity index (χ2n) is 4.43. The number of benzene rings is 2. The lowest BCUT2D eigenvalue weighted by molar-refractivity contribution is 0.306. The zero-order valence-corrected chi connectivity index (χ0v) is 13.6. The van der Waals surface area contributed by atoms with Crippen molar-refractivity contribution in [2.24, 2.45) is 0 Å². The fourth-order valence-corrected chi connectivity index (χ4v) is 3.01. The minimum absolute atomic E-state index is 0.570. The van der Waals surface area contributed by atoms with E-state index in [0.717, 1.165) is 26.6 Å². The molecule has 2 aromatic carbocycles. The largest absolute Gasteiger partial charge is 0.489 e. The molecule has 0 atom stereocenters. The van der Waals surface area contributed by atoms with Crippen molar-refractivity contribution in [1.29, 1.82) is 0 Å². The van der Waals surface area contributed by atoms with Gasteiger partial charge in [0.2, 0.25) is 0 Å². The summed E-state index contributed by atoms with van der Waals surface area (Å²) < 4.78 is 12.6. The van der Waals surface area contributed by atoms with Crippen LogP contribution in [0.1, 0.15) is 5.56 Å². The van der Waals surface area contributed by atoms with Gasteiger partial charge in [-0.15, -0.1) is 11.3 Å². The molecule has 1 heterocycles. The Morgan fingerprint density at radius 3 is 2.19 bits per heavy atom. The zero-order valence-electron chi connectivity index (χ0n) is 11.2. The summed E-state index contributed by atoms with van der Waals surface area (Å²) in [5.41, 5.74) is 1.16. The maximum atomic E-state index is 5.74. The van der Waals surface area contributed by atoms with E-state index in [1.165, 1.54) is 0 Å². The van der Waals surface area contributed by atoms with Gasteiger partial charge in [0, 0.05) is 5.56 Å². The first-order valence-corrected chi connectivity index (χ1v) is 8.15. The Bertz CT molecular complexity index is 692. The third-order valence-electron chi connectivity index (χ3n) is 2.83. The molecule has 0 amide bonds. The monoisotopic (exact) mass is 360 g/mol. The van der Waals surface area contributed by atoms with Gasteiger partial charge in [-0.25, -0.2) is 0 Å². The Kier molecular flexibility index (Phi) is 4.58. The van der Waals surface area contributed by atoms with E-state index in [9.17, 15) is 0 Å². The second kappa shape index (κ2) is 6.78. The van der Waals surface area contributed by atoms with Crippen LogP contribution in [-0.4, -0.2) is 0 Å². The maximum Gasteiger partial charge on any atom is 0.127 e. The summed E-state index contributed by atoms with van der Waals surface area (Å²) in [6.45, 7) is 0.570. The smallest absolute Gasteiger partial charge is 0.127 e. The van der Waals surface area contributed by atoms with Crippen molar-refractivity contribution in [2.45, 2.75) is 6.61 Å². The van der Waals surface area contributed by atoms with Crippen LogP contribution in [0.25, 0.3) is 0 Å². The quantitative estimate of drug-likeness (QED) is 0.565. The number of halogens is 1. The molecule has 0 aliphatic carbocycles. The van der Waals surface area contributed by atoms with E-state index in [4.69, 9.17) is 9.47 Å².